The third kappa shape index (κ3) is 2.58. The van der Waals surface area contributed by atoms with Gasteiger partial charge in [0.2, 0.25) is 0 Å². The van der Waals surface area contributed by atoms with Crippen LogP contribution in [-0.4, -0.2) is 16.1 Å². The normalized spacial score (nSPS) is 10.1. The summed E-state index contributed by atoms with van der Waals surface area (Å²) in [6.07, 6.45) is 0.656. The highest BCUT2D eigenvalue weighted by atomic mass is 35.5. The third-order valence-electron chi connectivity index (χ3n) is 2.80. The molecular formula is C13H12ClN5O. The number of nitriles is 1. The molecule has 7 heteroatoms. The van der Waals surface area contributed by atoms with E-state index in [9.17, 15) is 4.79 Å². The van der Waals surface area contributed by atoms with Crippen LogP contribution >= 0.6 is 11.6 Å². The summed E-state index contributed by atoms with van der Waals surface area (Å²) in [6, 6.07) is 6.56. The molecule has 2 aromatic rings. The van der Waals surface area contributed by atoms with Crippen LogP contribution in [0.3, 0.4) is 0 Å². The van der Waals surface area contributed by atoms with Gasteiger partial charge in [0.1, 0.15) is 0 Å². The largest absolute Gasteiger partial charge is 0.395 e. The fraction of sp³-hybridized carbons (Fsp3) is 0.154. The number of benzene rings is 1. The SMILES string of the molecule is CCc1[nH]nc(C(=O)Nc2ccc(C#N)cc2Cl)c1N. The molecule has 0 fully saturated rings. The van der Waals surface area contributed by atoms with Crippen LogP contribution in [0.1, 0.15) is 28.7 Å². The predicted octanol–water partition coefficient (Wildman–Crippen LogP) is 2.33. The van der Waals surface area contributed by atoms with Gasteiger partial charge in [-0.15, -0.1) is 0 Å². The summed E-state index contributed by atoms with van der Waals surface area (Å²) in [5.41, 5.74) is 7.80. The molecule has 0 aliphatic carbocycles. The summed E-state index contributed by atoms with van der Waals surface area (Å²) in [5, 5.41) is 18.2. The number of aromatic nitrogens is 2. The number of anilines is 2. The van der Waals surface area contributed by atoms with Crippen molar-refractivity contribution in [3.63, 3.8) is 0 Å². The molecule has 0 atom stereocenters. The molecule has 6 nitrogen and oxygen atoms in total. The fourth-order valence-electron chi connectivity index (χ4n) is 1.70. The monoisotopic (exact) mass is 289 g/mol. The second-order valence-corrected chi connectivity index (χ2v) is 4.49. The Morgan fingerprint density at radius 3 is 2.90 bits per heavy atom. The first-order chi connectivity index (χ1) is 9.56. The fourth-order valence-corrected chi connectivity index (χ4v) is 1.92. The van der Waals surface area contributed by atoms with Crippen molar-refractivity contribution in [3.05, 3.63) is 40.2 Å². The number of carbonyl (C=O) groups is 1. The van der Waals surface area contributed by atoms with Crippen LogP contribution in [0.2, 0.25) is 5.02 Å². The van der Waals surface area contributed by atoms with Gasteiger partial charge in [0.05, 0.1) is 33.7 Å². The highest BCUT2D eigenvalue weighted by Crippen LogP contribution is 2.24. The number of carbonyl (C=O) groups excluding carboxylic acids is 1. The average molecular weight is 290 g/mol. The molecule has 2 rings (SSSR count). The van der Waals surface area contributed by atoms with E-state index < -0.39 is 5.91 Å². The first-order valence-corrected chi connectivity index (χ1v) is 6.28. The number of nitrogens with one attached hydrogen (secondary N) is 2. The summed E-state index contributed by atoms with van der Waals surface area (Å²) in [5.74, 6) is -0.454. The minimum atomic E-state index is -0.454. The lowest BCUT2D eigenvalue weighted by atomic mass is 10.2. The molecule has 102 valence electrons. The molecule has 0 spiro atoms. The van der Waals surface area contributed by atoms with Gasteiger partial charge in [-0.3, -0.25) is 9.89 Å². The van der Waals surface area contributed by atoms with Crippen LogP contribution in [0.15, 0.2) is 18.2 Å². The number of nitrogens with two attached hydrogens (primary N) is 1. The average Bonchev–Trinajstić information content (AvgIpc) is 2.82. The number of aryl methyl sites for hydroxylation is 1. The highest BCUT2D eigenvalue weighted by Gasteiger charge is 2.17. The van der Waals surface area contributed by atoms with Crippen molar-refractivity contribution in [2.24, 2.45) is 0 Å². The quantitative estimate of drug-likeness (QED) is 0.806. The number of hydrogen-bond acceptors (Lipinski definition) is 4. The standard InChI is InChI=1S/C13H12ClN5O/c1-2-9-11(16)12(19-18-9)13(20)17-10-4-3-7(6-15)5-8(10)14/h3-5H,2,16H2,1H3,(H,17,20)(H,18,19). The van der Waals surface area contributed by atoms with E-state index in [2.05, 4.69) is 15.5 Å². The number of nitrogen functional groups attached to an aromatic ring is 1. The molecule has 0 bridgehead atoms. The Kier molecular flexibility index (Phi) is 3.91. The number of H-pyrrole nitrogens is 1. The topological polar surface area (TPSA) is 108 Å². The zero-order chi connectivity index (χ0) is 14.7. The summed E-state index contributed by atoms with van der Waals surface area (Å²) >= 11 is 5.99. The van der Waals surface area contributed by atoms with E-state index in [1.165, 1.54) is 6.07 Å². The van der Waals surface area contributed by atoms with E-state index in [1.54, 1.807) is 12.1 Å². The Bertz CT molecular complexity index is 701. The molecule has 1 amide bonds. The molecule has 1 aromatic heterocycles. The van der Waals surface area contributed by atoms with E-state index in [-0.39, 0.29) is 10.7 Å². The van der Waals surface area contributed by atoms with Crippen LogP contribution in [0.4, 0.5) is 11.4 Å². The summed E-state index contributed by atoms with van der Waals surface area (Å²) in [7, 11) is 0. The summed E-state index contributed by atoms with van der Waals surface area (Å²) in [4.78, 5) is 12.1. The first kappa shape index (κ1) is 13.9. The number of hydrogen-bond donors (Lipinski definition) is 3. The van der Waals surface area contributed by atoms with Gasteiger partial charge < -0.3 is 11.1 Å². The third-order valence-corrected chi connectivity index (χ3v) is 3.11. The number of halogens is 1. The molecule has 0 radical (unpaired) electrons. The number of rotatable bonds is 3. The van der Waals surface area contributed by atoms with Gasteiger partial charge in [-0.1, -0.05) is 18.5 Å². The van der Waals surface area contributed by atoms with Crippen molar-refractivity contribution >= 4 is 28.9 Å². The van der Waals surface area contributed by atoms with Gasteiger partial charge in [-0.25, -0.2) is 0 Å². The molecule has 4 N–H and O–H groups in total. The van der Waals surface area contributed by atoms with Gasteiger partial charge >= 0.3 is 0 Å². The van der Waals surface area contributed by atoms with Crippen LogP contribution in [0, 0.1) is 11.3 Å². The van der Waals surface area contributed by atoms with E-state index in [4.69, 9.17) is 22.6 Å². The maximum Gasteiger partial charge on any atom is 0.278 e. The van der Waals surface area contributed by atoms with E-state index in [1.807, 2.05) is 13.0 Å². The van der Waals surface area contributed by atoms with Crippen LogP contribution < -0.4 is 11.1 Å². The van der Waals surface area contributed by atoms with Crippen molar-refractivity contribution in [2.75, 3.05) is 11.1 Å². The lowest BCUT2D eigenvalue weighted by molar-refractivity contribution is 0.102. The molecule has 0 saturated heterocycles. The maximum atomic E-state index is 12.1. The number of amides is 1. The van der Waals surface area contributed by atoms with Gasteiger partial charge in [-0.05, 0) is 24.6 Å². The Hall–Kier alpha value is -2.52. The Labute approximate surface area is 120 Å². The van der Waals surface area contributed by atoms with E-state index in [0.717, 1.165) is 0 Å². The lowest BCUT2D eigenvalue weighted by Gasteiger charge is -2.06. The van der Waals surface area contributed by atoms with Crippen molar-refractivity contribution < 1.29 is 4.79 Å². The first-order valence-electron chi connectivity index (χ1n) is 5.90. The highest BCUT2D eigenvalue weighted by molar-refractivity contribution is 6.34. The van der Waals surface area contributed by atoms with Crippen LogP contribution in [0.25, 0.3) is 0 Å². The smallest absolute Gasteiger partial charge is 0.278 e. The maximum absolute atomic E-state index is 12.1. The molecule has 0 unspecified atom stereocenters. The van der Waals surface area contributed by atoms with Crippen molar-refractivity contribution in [3.8, 4) is 6.07 Å². The van der Waals surface area contributed by atoms with Gasteiger partial charge in [-0.2, -0.15) is 10.4 Å². The minimum Gasteiger partial charge on any atom is -0.395 e. The van der Waals surface area contributed by atoms with E-state index >= 15 is 0 Å². The van der Waals surface area contributed by atoms with Crippen molar-refractivity contribution in [2.45, 2.75) is 13.3 Å². The van der Waals surface area contributed by atoms with E-state index in [0.29, 0.717) is 29.1 Å². The number of nitrogens with zero attached hydrogens (tertiary/aromatic N) is 2. The zero-order valence-corrected chi connectivity index (χ0v) is 11.5. The Morgan fingerprint density at radius 2 is 2.35 bits per heavy atom. The second-order valence-electron chi connectivity index (χ2n) is 4.08. The lowest BCUT2D eigenvalue weighted by Crippen LogP contribution is -2.14. The molecule has 20 heavy (non-hydrogen) atoms. The molecule has 0 aliphatic heterocycles. The summed E-state index contributed by atoms with van der Waals surface area (Å²) < 4.78 is 0. The van der Waals surface area contributed by atoms with Crippen molar-refractivity contribution in [1.29, 1.82) is 5.26 Å². The molecule has 1 aromatic carbocycles. The predicted molar refractivity (Wildman–Crippen MR) is 76.5 cm³/mol. The van der Waals surface area contributed by atoms with Crippen LogP contribution in [0.5, 0.6) is 0 Å². The molecule has 0 aliphatic rings. The summed E-state index contributed by atoms with van der Waals surface area (Å²) in [6.45, 7) is 1.91. The van der Waals surface area contributed by atoms with Crippen LogP contribution in [-0.2, 0) is 6.42 Å². The molecule has 1 heterocycles. The Balaban J connectivity index is 2.24. The van der Waals surface area contributed by atoms with Gasteiger partial charge in [0.15, 0.2) is 5.69 Å². The zero-order valence-electron chi connectivity index (χ0n) is 10.7. The molecule has 0 saturated carbocycles. The second kappa shape index (κ2) is 5.63. The minimum absolute atomic E-state index is 0.127. The Morgan fingerprint density at radius 1 is 1.60 bits per heavy atom. The van der Waals surface area contributed by atoms with Gasteiger partial charge in [0, 0.05) is 0 Å². The van der Waals surface area contributed by atoms with Gasteiger partial charge in [0.25, 0.3) is 5.91 Å². The molecular weight excluding hydrogens is 278 g/mol. The van der Waals surface area contributed by atoms with Crippen molar-refractivity contribution in [1.82, 2.24) is 10.2 Å². The number of aromatic amines is 1.